The summed E-state index contributed by atoms with van der Waals surface area (Å²) in [5.74, 6) is 1.46. The fourth-order valence-electron chi connectivity index (χ4n) is 3.28. The molecule has 1 aromatic carbocycles. The Labute approximate surface area is 198 Å². The second kappa shape index (κ2) is 8.99. The number of amides is 1. The Morgan fingerprint density at radius 1 is 1.26 bits per heavy atom. The lowest BCUT2D eigenvalue weighted by Gasteiger charge is -2.21. The molecule has 11 heteroatoms. The van der Waals surface area contributed by atoms with Crippen LogP contribution in [0.5, 0.6) is 0 Å². The predicted octanol–water partition coefficient (Wildman–Crippen LogP) is 4.66. The number of rotatable bonds is 7. The minimum Gasteiger partial charge on any atom is -0.352 e. The van der Waals surface area contributed by atoms with Gasteiger partial charge in [-0.3, -0.25) is 13.4 Å². The molecule has 3 aromatic rings. The number of carbonyl (C=O) groups is 1. The van der Waals surface area contributed by atoms with Crippen LogP contribution in [0, 0.1) is 19.8 Å². The van der Waals surface area contributed by atoms with E-state index in [1.807, 2.05) is 42.5 Å². The van der Waals surface area contributed by atoms with E-state index in [1.54, 1.807) is 17.6 Å². The summed E-state index contributed by atoms with van der Waals surface area (Å²) in [6, 6.07) is 7.78. The van der Waals surface area contributed by atoms with Crippen LogP contribution < -0.4 is 14.9 Å². The molecule has 2 N–H and O–H groups in total. The summed E-state index contributed by atoms with van der Waals surface area (Å²) in [5, 5.41) is 6.42. The van der Waals surface area contributed by atoms with Gasteiger partial charge in [0.15, 0.2) is 5.65 Å². The van der Waals surface area contributed by atoms with Crippen molar-refractivity contribution >= 4 is 79.4 Å². The number of imidazole rings is 1. The molecule has 0 saturated heterocycles. The monoisotopic (exact) mass is 570 g/mol. The SMILES string of the molecule is Cc1ccc(Nc2cc(NC(=O)C3CC3)nc3c2nc(C)n3PI)c(N(C)S(C)=O)c1. The molecule has 4 rings (SSSR count). The van der Waals surface area contributed by atoms with E-state index < -0.39 is 11.0 Å². The molecule has 1 aliphatic carbocycles. The lowest BCUT2D eigenvalue weighted by atomic mass is 10.2. The molecule has 1 aliphatic rings. The Bertz CT molecular complexity index is 1200. The Hall–Kier alpha value is -1.78. The second-order valence-corrected chi connectivity index (χ2v) is 11.1. The van der Waals surface area contributed by atoms with E-state index in [9.17, 15) is 9.00 Å². The molecule has 1 saturated carbocycles. The Morgan fingerprint density at radius 2 is 2.00 bits per heavy atom. The maximum atomic E-state index is 12.4. The van der Waals surface area contributed by atoms with Crippen LogP contribution in [0.2, 0.25) is 0 Å². The zero-order valence-corrected chi connectivity index (χ0v) is 21.7. The van der Waals surface area contributed by atoms with Crippen molar-refractivity contribution in [2.24, 2.45) is 5.92 Å². The van der Waals surface area contributed by atoms with Crippen LogP contribution in [0.1, 0.15) is 24.2 Å². The quantitative estimate of drug-likeness (QED) is 0.319. The third-order valence-electron chi connectivity index (χ3n) is 5.21. The molecule has 1 fully saturated rings. The fourth-order valence-corrected chi connectivity index (χ4v) is 5.85. The molecule has 164 valence electrons. The van der Waals surface area contributed by atoms with Gasteiger partial charge < -0.3 is 10.6 Å². The van der Waals surface area contributed by atoms with Crippen LogP contribution in [-0.4, -0.2) is 37.7 Å². The number of aryl methyl sites for hydroxylation is 2. The number of carbonyl (C=O) groups excluding carboxylic acids is 1. The van der Waals surface area contributed by atoms with Crippen molar-refractivity contribution in [1.82, 2.24) is 14.3 Å². The summed E-state index contributed by atoms with van der Waals surface area (Å²) >= 11 is 2.30. The molecule has 2 unspecified atom stereocenters. The number of halogens is 1. The van der Waals surface area contributed by atoms with E-state index in [2.05, 4.69) is 32.7 Å². The van der Waals surface area contributed by atoms with Gasteiger partial charge in [0.05, 0.1) is 23.4 Å². The Morgan fingerprint density at radius 3 is 2.65 bits per heavy atom. The van der Waals surface area contributed by atoms with E-state index in [-0.39, 0.29) is 11.8 Å². The molecule has 0 radical (unpaired) electrons. The first kappa shape index (κ1) is 22.4. The third-order valence-corrected chi connectivity index (χ3v) is 8.33. The summed E-state index contributed by atoms with van der Waals surface area (Å²) in [4.78, 5) is 21.8. The number of fused-ring (bicyclic) bond motifs is 1. The van der Waals surface area contributed by atoms with Gasteiger partial charge in [-0.25, -0.2) is 14.2 Å². The lowest BCUT2D eigenvalue weighted by Crippen LogP contribution is -2.20. The van der Waals surface area contributed by atoms with Crippen LogP contribution in [-0.2, 0) is 15.8 Å². The summed E-state index contributed by atoms with van der Waals surface area (Å²) in [7, 11) is 0.629. The van der Waals surface area contributed by atoms with Crippen LogP contribution in [0.25, 0.3) is 11.2 Å². The summed E-state index contributed by atoms with van der Waals surface area (Å²) < 4.78 is 15.9. The van der Waals surface area contributed by atoms with Crippen molar-refractivity contribution in [2.45, 2.75) is 26.7 Å². The maximum Gasteiger partial charge on any atom is 0.228 e. The average Bonchev–Trinajstić information content (AvgIpc) is 3.52. The lowest BCUT2D eigenvalue weighted by molar-refractivity contribution is -0.117. The van der Waals surface area contributed by atoms with E-state index in [0.29, 0.717) is 12.2 Å². The minimum atomic E-state index is -1.17. The molecule has 2 aromatic heterocycles. The van der Waals surface area contributed by atoms with Gasteiger partial charge in [-0.2, -0.15) is 0 Å². The predicted molar refractivity (Wildman–Crippen MR) is 138 cm³/mol. The van der Waals surface area contributed by atoms with Gasteiger partial charge in [0, 0.05) is 25.3 Å². The van der Waals surface area contributed by atoms with Gasteiger partial charge in [-0.15, -0.1) is 0 Å². The number of hydrogen-bond acceptors (Lipinski definition) is 5. The molecule has 0 bridgehead atoms. The summed E-state index contributed by atoms with van der Waals surface area (Å²) in [5.41, 5.74) is 4.90. The van der Waals surface area contributed by atoms with Gasteiger partial charge >= 0.3 is 0 Å². The maximum absolute atomic E-state index is 12.4. The van der Waals surface area contributed by atoms with Crippen molar-refractivity contribution in [3.8, 4) is 0 Å². The van der Waals surface area contributed by atoms with E-state index >= 15 is 0 Å². The van der Waals surface area contributed by atoms with Gasteiger partial charge in [0.1, 0.15) is 28.1 Å². The molecular formula is C20H24IN6O2PS. The van der Waals surface area contributed by atoms with Crippen molar-refractivity contribution in [2.75, 3.05) is 28.2 Å². The Kier molecular flexibility index (Phi) is 6.50. The van der Waals surface area contributed by atoms with Crippen LogP contribution >= 0.6 is 28.4 Å². The molecule has 2 atom stereocenters. The van der Waals surface area contributed by atoms with E-state index in [4.69, 9.17) is 9.97 Å². The highest BCUT2D eigenvalue weighted by atomic mass is 127. The zero-order valence-electron chi connectivity index (χ0n) is 17.7. The van der Waals surface area contributed by atoms with Crippen LogP contribution in [0.3, 0.4) is 0 Å². The normalized spacial score (nSPS) is 14.9. The molecule has 8 nitrogen and oxygen atoms in total. The van der Waals surface area contributed by atoms with Crippen molar-refractivity contribution in [1.29, 1.82) is 0 Å². The summed E-state index contributed by atoms with van der Waals surface area (Å²) in [6.45, 7) is 3.95. The average molecular weight is 570 g/mol. The largest absolute Gasteiger partial charge is 0.352 e. The van der Waals surface area contributed by atoms with Gasteiger partial charge in [0.2, 0.25) is 5.91 Å². The van der Waals surface area contributed by atoms with Crippen LogP contribution in [0.4, 0.5) is 22.9 Å². The molecule has 31 heavy (non-hydrogen) atoms. The highest BCUT2D eigenvalue weighted by Crippen LogP contribution is 2.38. The standard InChI is InChI=1S/C20H24IN6O2PS/c1-11-5-8-14(16(9-11)26(3)31(4)29)23-15-10-17(25-20(28)13-6-7-13)24-19-18(15)22-12(2)27(19)30-21/h5,8-10,13,30H,6-7H2,1-4H3,(H2,23,24,25,28). The van der Waals surface area contributed by atoms with E-state index in [1.165, 1.54) is 0 Å². The molecule has 0 spiro atoms. The fraction of sp³-hybridized carbons (Fsp3) is 0.350. The molecule has 0 aliphatic heterocycles. The number of nitrogens with one attached hydrogen (secondary N) is 2. The zero-order chi connectivity index (χ0) is 22.3. The number of anilines is 4. The molecule has 1 amide bonds. The van der Waals surface area contributed by atoms with Gasteiger partial charge in [-0.05, 0) is 66.4 Å². The number of hydrogen-bond donors (Lipinski definition) is 2. The van der Waals surface area contributed by atoms with E-state index in [0.717, 1.165) is 52.5 Å². The van der Waals surface area contributed by atoms with Gasteiger partial charge in [0.25, 0.3) is 0 Å². The van der Waals surface area contributed by atoms with Crippen molar-refractivity contribution in [3.05, 3.63) is 35.7 Å². The first-order valence-corrected chi connectivity index (χ1v) is 15.4. The molecule has 2 heterocycles. The topological polar surface area (TPSA) is 92.2 Å². The number of pyridine rings is 1. The number of benzene rings is 1. The Balaban J connectivity index is 1.81. The third kappa shape index (κ3) is 4.70. The smallest absolute Gasteiger partial charge is 0.228 e. The highest BCUT2D eigenvalue weighted by molar-refractivity contribution is 14.2. The second-order valence-electron chi connectivity index (χ2n) is 7.64. The number of aromatic nitrogens is 3. The summed E-state index contributed by atoms with van der Waals surface area (Å²) in [6.07, 6.45) is 3.94. The first-order chi connectivity index (χ1) is 14.8. The van der Waals surface area contributed by atoms with Gasteiger partial charge in [-0.1, -0.05) is 6.07 Å². The first-order valence-electron chi connectivity index (χ1n) is 9.81. The highest BCUT2D eigenvalue weighted by Gasteiger charge is 2.30. The number of nitrogens with zero attached hydrogens (tertiary/aromatic N) is 4. The van der Waals surface area contributed by atoms with Crippen molar-refractivity contribution in [3.63, 3.8) is 0 Å². The van der Waals surface area contributed by atoms with Crippen LogP contribution in [0.15, 0.2) is 24.3 Å². The molecular weight excluding hydrogens is 546 g/mol. The minimum absolute atomic E-state index is 0.00893. The van der Waals surface area contributed by atoms with Crippen molar-refractivity contribution < 1.29 is 9.00 Å².